The predicted molar refractivity (Wildman–Crippen MR) is 84.3 cm³/mol. The number of hydrogen-bond acceptors (Lipinski definition) is 8. The average molecular weight is 472 g/mol. The van der Waals surface area contributed by atoms with E-state index in [2.05, 4.69) is 0 Å². The van der Waals surface area contributed by atoms with Gasteiger partial charge in [0.15, 0.2) is 0 Å². The van der Waals surface area contributed by atoms with Crippen LogP contribution in [0.25, 0.3) is 10.8 Å². The van der Waals surface area contributed by atoms with Crippen molar-refractivity contribution in [3.05, 3.63) is 24.3 Å². The first kappa shape index (κ1) is 24.4. The minimum Gasteiger partial charge on any atom is -1.00 e. The Balaban J connectivity index is 0.00000364. The maximum Gasteiger partial charge on any atom is 1.00 e. The van der Waals surface area contributed by atoms with Crippen LogP contribution in [0.4, 0.5) is 0 Å². The Morgan fingerprint density at radius 3 is 0.963 bits per heavy atom. The van der Waals surface area contributed by atoms with Gasteiger partial charge in [-0.2, -0.15) is 33.7 Å². The van der Waals surface area contributed by atoms with Crippen molar-refractivity contribution in [2.45, 2.75) is 19.6 Å². The van der Waals surface area contributed by atoms with Crippen LogP contribution in [0.1, 0.15) is 1.43 Å². The summed E-state index contributed by atoms with van der Waals surface area (Å²) in [7, 11) is -20.7. The molecule has 0 heterocycles. The van der Waals surface area contributed by atoms with E-state index in [1.165, 1.54) is 0 Å². The summed E-state index contributed by atoms with van der Waals surface area (Å²) in [5, 5.41) is -1.72. The minimum absolute atomic E-state index is 0. The van der Waals surface area contributed by atoms with Gasteiger partial charge in [0, 0.05) is 10.8 Å². The van der Waals surface area contributed by atoms with E-state index >= 15 is 0 Å². The van der Waals surface area contributed by atoms with Gasteiger partial charge in [-0.25, -0.2) is 0 Å². The van der Waals surface area contributed by atoms with Crippen molar-refractivity contribution < 1.29 is 82.9 Å². The fraction of sp³-hybridized carbons (Fsp3) is 0. The summed E-state index contributed by atoms with van der Waals surface area (Å²) in [6.07, 6.45) is 0. The molecule has 2 aromatic rings. The molecule has 0 unspecified atom stereocenters. The van der Waals surface area contributed by atoms with Crippen molar-refractivity contribution in [2.24, 2.45) is 0 Å². The van der Waals surface area contributed by atoms with E-state index in [1.54, 1.807) is 0 Å². The zero-order valence-electron chi connectivity index (χ0n) is 14.0. The summed E-state index contributed by atoms with van der Waals surface area (Å²) in [6.45, 7) is 0. The molecule has 0 fully saturated rings. The minimum atomic E-state index is -5.27. The fourth-order valence-electron chi connectivity index (χ4n) is 2.07. The quantitative estimate of drug-likeness (QED) is 0.258. The molecule has 2 aromatic carbocycles. The SMILES string of the molecule is O=S(=O)(O)c1cc(S(=O)(=O)O)c2cc(S(=O)(=O)O)cc(S(=O)(=O)O)c2c1.[H-].[Na+]. The Kier molecular flexibility index (Phi) is 6.59. The Labute approximate surface area is 177 Å². The number of fused-ring (bicyclic) bond motifs is 1. The van der Waals surface area contributed by atoms with Gasteiger partial charge in [0.2, 0.25) is 0 Å². The predicted octanol–water partition coefficient (Wildman–Crippen LogP) is -3.06. The molecule has 0 aliphatic carbocycles. The van der Waals surface area contributed by atoms with E-state index in [0.717, 1.165) is 0 Å². The third kappa shape index (κ3) is 5.24. The summed E-state index contributed by atoms with van der Waals surface area (Å²) in [5.41, 5.74) is 0. The topological polar surface area (TPSA) is 217 Å². The molecule has 146 valence electrons. The van der Waals surface area contributed by atoms with Gasteiger partial charge >= 0.3 is 29.6 Å². The molecule has 0 atom stereocenters. The van der Waals surface area contributed by atoms with Crippen LogP contribution in [0.5, 0.6) is 0 Å². The Morgan fingerprint density at radius 2 is 0.778 bits per heavy atom. The molecule has 2 rings (SSSR count). The molecule has 4 N–H and O–H groups in total. The Morgan fingerprint density at radius 1 is 0.519 bits per heavy atom. The molecule has 12 nitrogen and oxygen atoms in total. The smallest absolute Gasteiger partial charge is 1.00 e. The second-order valence-electron chi connectivity index (χ2n) is 4.84. The van der Waals surface area contributed by atoms with Crippen LogP contribution in [0.2, 0.25) is 0 Å². The maximum absolute atomic E-state index is 11.5. The van der Waals surface area contributed by atoms with Gasteiger partial charge < -0.3 is 1.43 Å². The third-order valence-electron chi connectivity index (χ3n) is 3.09. The van der Waals surface area contributed by atoms with E-state index in [9.17, 15) is 42.8 Å². The van der Waals surface area contributed by atoms with Gasteiger partial charge in [-0.05, 0) is 24.3 Å². The van der Waals surface area contributed by atoms with Gasteiger partial charge in [0.05, 0.1) is 9.79 Å². The standard InChI is InChI=1S/C10H8O12S4.Na.H/c11-23(12,13)5-1-7-8(10(3-5)26(20,21)22)2-6(24(14,15)16)4-9(7)25(17,18)19;;/h1-4H,(H,11,12,13)(H,14,15,16)(H,17,18,19)(H,20,21,22);;/q;+1;-1. The molecule has 0 spiro atoms. The first-order chi connectivity index (χ1) is 11.4. The monoisotopic (exact) mass is 472 g/mol. The van der Waals surface area contributed by atoms with Crippen molar-refractivity contribution in [1.82, 2.24) is 0 Å². The Hall–Kier alpha value is -0.660. The zero-order chi connectivity index (χ0) is 20.3. The van der Waals surface area contributed by atoms with Crippen molar-refractivity contribution in [2.75, 3.05) is 0 Å². The molecule has 27 heavy (non-hydrogen) atoms. The van der Waals surface area contributed by atoms with Gasteiger partial charge in [-0.1, -0.05) is 0 Å². The van der Waals surface area contributed by atoms with Crippen LogP contribution in [0.15, 0.2) is 43.8 Å². The van der Waals surface area contributed by atoms with Crippen molar-refractivity contribution in [1.29, 1.82) is 0 Å². The first-order valence-electron chi connectivity index (χ1n) is 5.94. The molecule has 0 saturated heterocycles. The van der Waals surface area contributed by atoms with Crippen LogP contribution < -0.4 is 29.6 Å². The summed E-state index contributed by atoms with van der Waals surface area (Å²) < 4.78 is 128. The van der Waals surface area contributed by atoms with Crippen molar-refractivity contribution in [3.8, 4) is 0 Å². The fourth-order valence-corrected chi connectivity index (χ4v) is 4.73. The van der Waals surface area contributed by atoms with Crippen molar-refractivity contribution >= 4 is 51.2 Å². The molecule has 0 aliphatic rings. The average Bonchev–Trinajstić information content (AvgIpc) is 2.40. The number of benzene rings is 2. The van der Waals surface area contributed by atoms with Gasteiger partial charge in [-0.3, -0.25) is 18.2 Å². The van der Waals surface area contributed by atoms with Crippen LogP contribution >= 0.6 is 0 Å². The normalized spacial score (nSPS) is 13.3. The van der Waals surface area contributed by atoms with Crippen molar-refractivity contribution in [3.63, 3.8) is 0 Å². The summed E-state index contributed by atoms with van der Waals surface area (Å²) in [5.74, 6) is 0. The van der Waals surface area contributed by atoms with Crippen LogP contribution in [-0.4, -0.2) is 51.9 Å². The molecule has 0 aliphatic heterocycles. The van der Waals surface area contributed by atoms with Crippen LogP contribution in [0.3, 0.4) is 0 Å². The second kappa shape index (κ2) is 7.30. The molecular weight excluding hydrogens is 463 g/mol. The van der Waals surface area contributed by atoms with Crippen LogP contribution in [0, 0.1) is 0 Å². The molecule has 0 saturated carbocycles. The molecule has 0 aromatic heterocycles. The van der Waals surface area contributed by atoms with E-state index in [-0.39, 0.29) is 43.1 Å². The summed E-state index contributed by atoms with van der Waals surface area (Å²) in [6, 6.07) is 1.32. The van der Waals surface area contributed by atoms with E-state index < -0.39 is 70.8 Å². The molecule has 0 amide bonds. The van der Waals surface area contributed by atoms with E-state index in [1.807, 2.05) is 0 Å². The van der Waals surface area contributed by atoms with Gasteiger partial charge in [-0.15, -0.1) is 0 Å². The van der Waals surface area contributed by atoms with Crippen LogP contribution in [-0.2, 0) is 40.5 Å². The molecule has 0 bridgehead atoms. The number of rotatable bonds is 4. The van der Waals surface area contributed by atoms with Gasteiger partial charge in [0.25, 0.3) is 40.5 Å². The summed E-state index contributed by atoms with van der Waals surface area (Å²) >= 11 is 0. The van der Waals surface area contributed by atoms with E-state index in [4.69, 9.17) is 9.11 Å². The van der Waals surface area contributed by atoms with E-state index in [0.29, 0.717) is 12.1 Å². The first-order valence-corrected chi connectivity index (χ1v) is 11.7. The van der Waals surface area contributed by atoms with Gasteiger partial charge in [0.1, 0.15) is 9.79 Å². The summed E-state index contributed by atoms with van der Waals surface area (Å²) in [4.78, 5) is -4.92. The largest absolute Gasteiger partial charge is 1.00 e. The molecule has 17 heteroatoms. The second-order valence-corrected chi connectivity index (χ2v) is 10.5. The molecular formula is C10H9NaO12S4. The zero-order valence-corrected chi connectivity index (χ0v) is 18.3. The number of hydrogen-bond donors (Lipinski definition) is 4. The Bertz CT molecular complexity index is 1250. The molecule has 0 radical (unpaired) electrons. The third-order valence-corrected chi connectivity index (χ3v) is 6.54. The maximum atomic E-state index is 11.5.